The fraction of sp³-hybridized carbons (Fsp3) is 0.500. The molecule has 0 bridgehead atoms. The summed E-state index contributed by atoms with van der Waals surface area (Å²) in [5.74, 6) is 0.0732. The van der Waals surface area contributed by atoms with E-state index in [0.717, 1.165) is 12.0 Å². The van der Waals surface area contributed by atoms with Crippen molar-refractivity contribution in [2.75, 3.05) is 6.54 Å². The highest BCUT2D eigenvalue weighted by Crippen LogP contribution is 2.06. The molecule has 1 atom stereocenters. The minimum absolute atomic E-state index is 0.0732. The molecule has 1 rings (SSSR count). The van der Waals surface area contributed by atoms with Crippen LogP contribution in [0, 0.1) is 0 Å². The van der Waals surface area contributed by atoms with Gasteiger partial charge in [-0.05, 0) is 35.7 Å². The first kappa shape index (κ1) is 11.2. The van der Waals surface area contributed by atoms with Crippen molar-refractivity contribution < 1.29 is 4.79 Å². The summed E-state index contributed by atoms with van der Waals surface area (Å²) in [7, 11) is 0. The van der Waals surface area contributed by atoms with Crippen LogP contribution in [0.25, 0.3) is 0 Å². The van der Waals surface area contributed by atoms with Gasteiger partial charge in [0.05, 0.1) is 6.42 Å². The van der Waals surface area contributed by atoms with Crippen LogP contribution >= 0.6 is 11.3 Å². The number of hydrogen-bond acceptors (Lipinski definition) is 3. The third-order valence-corrected chi connectivity index (χ3v) is 2.60. The number of rotatable bonds is 5. The van der Waals surface area contributed by atoms with Gasteiger partial charge in [0.25, 0.3) is 0 Å². The van der Waals surface area contributed by atoms with Gasteiger partial charge in [-0.3, -0.25) is 4.79 Å². The molecule has 1 aromatic heterocycles. The summed E-state index contributed by atoms with van der Waals surface area (Å²) >= 11 is 1.61. The first-order valence-corrected chi connectivity index (χ1v) is 5.66. The Morgan fingerprint density at radius 2 is 2.50 bits per heavy atom. The highest BCUT2D eigenvalue weighted by Gasteiger charge is 2.03. The predicted molar refractivity (Wildman–Crippen MR) is 59.3 cm³/mol. The largest absolute Gasteiger partial charge is 0.356 e. The maximum atomic E-state index is 11.3. The zero-order valence-corrected chi connectivity index (χ0v) is 9.14. The molecule has 0 spiro atoms. The number of carbonyl (C=O) groups excluding carboxylic acids is 1. The lowest BCUT2D eigenvalue weighted by Crippen LogP contribution is -2.29. The fourth-order valence-electron chi connectivity index (χ4n) is 1.08. The maximum Gasteiger partial charge on any atom is 0.224 e. The third kappa shape index (κ3) is 4.39. The van der Waals surface area contributed by atoms with Crippen molar-refractivity contribution >= 4 is 17.2 Å². The van der Waals surface area contributed by atoms with Crippen LogP contribution in [0.2, 0.25) is 0 Å². The molecule has 78 valence electrons. The second-order valence-electron chi connectivity index (χ2n) is 3.42. The van der Waals surface area contributed by atoms with Crippen LogP contribution in [-0.2, 0) is 11.2 Å². The lowest BCUT2D eigenvalue weighted by Gasteiger charge is -2.06. The molecule has 1 unspecified atom stereocenters. The van der Waals surface area contributed by atoms with E-state index in [9.17, 15) is 4.79 Å². The van der Waals surface area contributed by atoms with E-state index in [2.05, 4.69) is 5.32 Å². The lowest BCUT2D eigenvalue weighted by atomic mass is 10.2. The van der Waals surface area contributed by atoms with Crippen LogP contribution in [0.15, 0.2) is 16.8 Å². The van der Waals surface area contributed by atoms with E-state index < -0.39 is 0 Å². The number of nitrogens with one attached hydrogen (secondary N) is 1. The van der Waals surface area contributed by atoms with Gasteiger partial charge in [-0.25, -0.2) is 0 Å². The number of nitrogens with two attached hydrogens (primary N) is 1. The average molecular weight is 212 g/mol. The Labute approximate surface area is 88.3 Å². The second-order valence-corrected chi connectivity index (χ2v) is 4.20. The van der Waals surface area contributed by atoms with E-state index in [1.54, 1.807) is 11.3 Å². The van der Waals surface area contributed by atoms with Crippen LogP contribution in [0.5, 0.6) is 0 Å². The Balaban J connectivity index is 2.17. The monoisotopic (exact) mass is 212 g/mol. The molecule has 0 saturated carbocycles. The van der Waals surface area contributed by atoms with Crippen molar-refractivity contribution in [3.63, 3.8) is 0 Å². The number of amides is 1. The summed E-state index contributed by atoms with van der Waals surface area (Å²) in [5.41, 5.74) is 6.64. The van der Waals surface area contributed by atoms with Crippen LogP contribution in [-0.4, -0.2) is 18.5 Å². The molecule has 0 radical (unpaired) electrons. The normalized spacial score (nSPS) is 12.4. The van der Waals surface area contributed by atoms with Gasteiger partial charge >= 0.3 is 0 Å². The minimum Gasteiger partial charge on any atom is -0.356 e. The zero-order chi connectivity index (χ0) is 10.4. The summed E-state index contributed by atoms with van der Waals surface area (Å²) in [6.07, 6.45) is 1.30. The van der Waals surface area contributed by atoms with Crippen molar-refractivity contribution in [2.24, 2.45) is 5.73 Å². The average Bonchev–Trinajstić information content (AvgIpc) is 2.56. The van der Waals surface area contributed by atoms with Crippen LogP contribution in [0.1, 0.15) is 18.9 Å². The van der Waals surface area contributed by atoms with E-state index >= 15 is 0 Å². The summed E-state index contributed by atoms with van der Waals surface area (Å²) < 4.78 is 0. The zero-order valence-electron chi connectivity index (χ0n) is 8.32. The van der Waals surface area contributed by atoms with Crippen molar-refractivity contribution in [3.05, 3.63) is 22.4 Å². The molecular weight excluding hydrogens is 196 g/mol. The molecule has 0 fully saturated rings. The summed E-state index contributed by atoms with van der Waals surface area (Å²) in [5, 5.41) is 6.81. The summed E-state index contributed by atoms with van der Waals surface area (Å²) in [6.45, 7) is 2.60. The summed E-state index contributed by atoms with van der Waals surface area (Å²) in [6, 6.07) is 2.12. The molecule has 14 heavy (non-hydrogen) atoms. The van der Waals surface area contributed by atoms with Gasteiger partial charge < -0.3 is 11.1 Å². The van der Waals surface area contributed by atoms with E-state index in [4.69, 9.17) is 5.73 Å². The van der Waals surface area contributed by atoms with E-state index in [1.807, 2.05) is 23.8 Å². The van der Waals surface area contributed by atoms with Gasteiger partial charge in [0.2, 0.25) is 5.91 Å². The molecular formula is C10H16N2OS. The van der Waals surface area contributed by atoms with E-state index in [0.29, 0.717) is 13.0 Å². The van der Waals surface area contributed by atoms with E-state index in [1.165, 1.54) is 0 Å². The molecule has 0 aliphatic rings. The highest BCUT2D eigenvalue weighted by atomic mass is 32.1. The van der Waals surface area contributed by atoms with Gasteiger partial charge in [-0.2, -0.15) is 11.3 Å². The lowest BCUT2D eigenvalue weighted by molar-refractivity contribution is -0.120. The highest BCUT2D eigenvalue weighted by molar-refractivity contribution is 7.07. The fourth-order valence-corrected chi connectivity index (χ4v) is 1.75. The molecule has 4 heteroatoms. The van der Waals surface area contributed by atoms with Gasteiger partial charge in [-0.1, -0.05) is 0 Å². The van der Waals surface area contributed by atoms with Gasteiger partial charge in [0, 0.05) is 12.6 Å². The molecule has 1 amide bonds. The third-order valence-electron chi connectivity index (χ3n) is 1.87. The van der Waals surface area contributed by atoms with Crippen LogP contribution in [0.3, 0.4) is 0 Å². The van der Waals surface area contributed by atoms with Crippen molar-refractivity contribution in [3.8, 4) is 0 Å². The van der Waals surface area contributed by atoms with Gasteiger partial charge in [0.1, 0.15) is 0 Å². The molecule has 0 aliphatic heterocycles. The molecule has 1 aromatic rings. The van der Waals surface area contributed by atoms with Gasteiger partial charge in [-0.15, -0.1) is 0 Å². The maximum absolute atomic E-state index is 11.3. The van der Waals surface area contributed by atoms with Crippen molar-refractivity contribution in [1.29, 1.82) is 0 Å². The number of hydrogen-bond donors (Lipinski definition) is 2. The van der Waals surface area contributed by atoms with Crippen LogP contribution < -0.4 is 11.1 Å². The number of thiophene rings is 1. The quantitative estimate of drug-likeness (QED) is 0.769. The molecule has 0 saturated heterocycles. The van der Waals surface area contributed by atoms with Crippen molar-refractivity contribution in [2.45, 2.75) is 25.8 Å². The number of carbonyl (C=O) groups is 1. The molecule has 0 aromatic carbocycles. The Morgan fingerprint density at radius 3 is 3.07 bits per heavy atom. The molecule has 3 nitrogen and oxygen atoms in total. The second kappa shape index (κ2) is 5.78. The minimum atomic E-state index is 0.0732. The smallest absolute Gasteiger partial charge is 0.224 e. The predicted octanol–water partition coefficient (Wildman–Crippen LogP) is 1.14. The molecule has 0 aliphatic carbocycles. The Hall–Kier alpha value is -0.870. The SMILES string of the molecule is CC(N)CCNC(=O)Cc1ccsc1. The Kier molecular flexibility index (Phi) is 4.62. The Morgan fingerprint density at radius 1 is 1.71 bits per heavy atom. The molecule has 3 N–H and O–H groups in total. The van der Waals surface area contributed by atoms with Crippen molar-refractivity contribution in [1.82, 2.24) is 5.32 Å². The summed E-state index contributed by atoms with van der Waals surface area (Å²) in [4.78, 5) is 11.3. The molecule has 1 heterocycles. The van der Waals surface area contributed by atoms with E-state index in [-0.39, 0.29) is 11.9 Å². The standard InChI is InChI=1S/C10H16N2OS/c1-8(11)2-4-12-10(13)6-9-3-5-14-7-9/h3,5,7-8H,2,4,6,11H2,1H3,(H,12,13). The first-order valence-electron chi connectivity index (χ1n) is 4.72. The van der Waals surface area contributed by atoms with Crippen LogP contribution in [0.4, 0.5) is 0 Å². The Bertz CT molecular complexity index is 270. The first-order chi connectivity index (χ1) is 6.68. The van der Waals surface area contributed by atoms with Gasteiger partial charge in [0.15, 0.2) is 0 Å². The topological polar surface area (TPSA) is 55.1 Å².